The maximum atomic E-state index is 13.0. The maximum Gasteiger partial charge on any atom is 0.308 e. The molecule has 2 bridgehead atoms. The second kappa shape index (κ2) is 10.9. The van der Waals surface area contributed by atoms with Gasteiger partial charge in [-0.3, -0.25) is 14.5 Å². The molecule has 11 nitrogen and oxygen atoms in total. The maximum absolute atomic E-state index is 13.0. The van der Waals surface area contributed by atoms with Crippen molar-refractivity contribution in [3.8, 4) is 11.5 Å². The zero-order chi connectivity index (χ0) is 29.1. The second-order valence-electron chi connectivity index (χ2n) is 13.1. The number of fused-ring (bicyclic) bond motifs is 3. The first-order valence-electron chi connectivity index (χ1n) is 15.5. The van der Waals surface area contributed by atoms with Gasteiger partial charge in [0.2, 0.25) is 24.8 Å². The van der Waals surface area contributed by atoms with Gasteiger partial charge in [0.15, 0.2) is 23.4 Å². The number of nitrogens with zero attached hydrogens (tertiary/aromatic N) is 2. The molecule has 5 saturated heterocycles. The molecule has 230 valence electrons. The first-order chi connectivity index (χ1) is 20.2. The average Bonchev–Trinajstić information content (AvgIpc) is 3.33. The fraction of sp³-hybridized carbons (Fsp3) is 0.742. The van der Waals surface area contributed by atoms with Gasteiger partial charge >= 0.3 is 5.97 Å². The zero-order valence-electron chi connectivity index (χ0n) is 24.8. The van der Waals surface area contributed by atoms with Gasteiger partial charge in [0.05, 0.1) is 6.42 Å². The first-order valence-corrected chi connectivity index (χ1v) is 15.5. The molecule has 1 saturated carbocycles. The molecule has 0 radical (unpaired) electrons. The van der Waals surface area contributed by atoms with Crippen LogP contribution in [0.15, 0.2) is 18.2 Å². The minimum absolute atomic E-state index is 0.0150. The largest absolute Gasteiger partial charge is 0.454 e. The highest BCUT2D eigenvalue weighted by Crippen LogP contribution is 2.60. The van der Waals surface area contributed by atoms with E-state index in [1.165, 1.54) is 0 Å². The first kappa shape index (κ1) is 28.3. The smallest absolute Gasteiger partial charge is 0.308 e. The molecule has 0 N–H and O–H groups in total. The Morgan fingerprint density at radius 3 is 2.62 bits per heavy atom. The summed E-state index contributed by atoms with van der Waals surface area (Å²) >= 11 is 0. The molecule has 1 aliphatic carbocycles. The van der Waals surface area contributed by atoms with Gasteiger partial charge in [-0.1, -0.05) is 19.9 Å². The van der Waals surface area contributed by atoms with E-state index in [1.807, 2.05) is 30.0 Å². The van der Waals surface area contributed by atoms with Gasteiger partial charge in [-0.25, -0.2) is 9.78 Å². The lowest BCUT2D eigenvalue weighted by Crippen LogP contribution is -2.70. The summed E-state index contributed by atoms with van der Waals surface area (Å²) in [5.41, 5.74) is 0.456. The molecule has 6 aliphatic heterocycles. The Hall–Kier alpha value is -2.44. The summed E-state index contributed by atoms with van der Waals surface area (Å²) in [6, 6.07) is 6.01. The fourth-order valence-electron chi connectivity index (χ4n) is 8.02. The topological polar surface area (TPSA) is 105 Å². The van der Waals surface area contributed by atoms with E-state index < -0.39 is 29.9 Å². The van der Waals surface area contributed by atoms with E-state index in [2.05, 4.69) is 18.7 Å². The van der Waals surface area contributed by atoms with Crippen LogP contribution in [0.2, 0.25) is 0 Å². The van der Waals surface area contributed by atoms with Crippen molar-refractivity contribution in [2.24, 2.45) is 23.7 Å². The minimum Gasteiger partial charge on any atom is -0.454 e. The lowest BCUT2D eigenvalue weighted by molar-refractivity contribution is -0.576. The van der Waals surface area contributed by atoms with Crippen LogP contribution in [0.5, 0.6) is 11.5 Å². The van der Waals surface area contributed by atoms with E-state index in [1.54, 1.807) is 0 Å². The Bertz CT molecular complexity index is 1200. The highest BCUT2D eigenvalue weighted by molar-refractivity contribution is 5.81. The van der Waals surface area contributed by atoms with Crippen LogP contribution in [0, 0.1) is 23.7 Å². The third-order valence-corrected chi connectivity index (χ3v) is 10.5. The quantitative estimate of drug-likeness (QED) is 0.363. The van der Waals surface area contributed by atoms with Gasteiger partial charge in [-0.05, 0) is 55.7 Å². The van der Waals surface area contributed by atoms with E-state index in [4.69, 9.17) is 33.5 Å². The normalized spacial score (nSPS) is 39.0. The van der Waals surface area contributed by atoms with Gasteiger partial charge in [-0.15, -0.1) is 0 Å². The van der Waals surface area contributed by atoms with Crippen LogP contribution in [0.1, 0.15) is 64.9 Å². The van der Waals surface area contributed by atoms with Crippen LogP contribution in [0.25, 0.3) is 0 Å². The summed E-state index contributed by atoms with van der Waals surface area (Å²) in [6.45, 7) is 10.0. The van der Waals surface area contributed by atoms with E-state index in [0.717, 1.165) is 62.4 Å². The fourth-order valence-corrected chi connectivity index (χ4v) is 8.02. The van der Waals surface area contributed by atoms with Crippen LogP contribution in [-0.2, 0) is 40.1 Å². The molecule has 1 spiro atoms. The molecule has 11 heteroatoms. The molecule has 42 heavy (non-hydrogen) atoms. The third-order valence-electron chi connectivity index (χ3n) is 10.5. The summed E-state index contributed by atoms with van der Waals surface area (Å²) in [5, 5.41) is 0. The van der Waals surface area contributed by atoms with Crippen LogP contribution in [0.3, 0.4) is 0 Å². The van der Waals surface area contributed by atoms with E-state index in [9.17, 15) is 9.59 Å². The van der Waals surface area contributed by atoms with Crippen molar-refractivity contribution in [1.29, 1.82) is 0 Å². The van der Waals surface area contributed by atoms with Crippen molar-refractivity contribution < 1.29 is 43.0 Å². The summed E-state index contributed by atoms with van der Waals surface area (Å²) in [5.74, 6) is 0.913. The van der Waals surface area contributed by atoms with Crippen molar-refractivity contribution >= 4 is 11.9 Å². The van der Waals surface area contributed by atoms with E-state index >= 15 is 0 Å². The molecule has 1 amide bonds. The number of hydrogen-bond acceptors (Lipinski definition) is 10. The molecule has 8 atom stereocenters. The van der Waals surface area contributed by atoms with Crippen molar-refractivity contribution in [1.82, 2.24) is 9.80 Å². The monoisotopic (exact) mass is 586 g/mol. The number of esters is 1. The standard InChI is InChI=1S/C31H42N2O9/c1-19-4-6-23-20(2)28(39-29-31(23)22(19)10-11-30(3,40-29)41-42-31)38-27(35)9-8-26(34)33-14-12-32(13-15-33)17-21-5-7-24-25(16-21)37-18-36-24/h5,7,16,19-20,22-23,28-29H,4,6,8-15,17-18H2,1-3H3. The minimum atomic E-state index is -0.881. The number of carbonyl (C=O) groups is 2. The Balaban J connectivity index is 0.904. The van der Waals surface area contributed by atoms with Crippen molar-refractivity contribution in [2.75, 3.05) is 33.0 Å². The summed E-state index contributed by atoms with van der Waals surface area (Å²) in [6.07, 6.45) is 2.38. The highest BCUT2D eigenvalue weighted by Gasteiger charge is 2.69. The Kier molecular flexibility index (Phi) is 7.37. The average molecular weight is 587 g/mol. The summed E-state index contributed by atoms with van der Waals surface area (Å²) in [4.78, 5) is 42.1. The Morgan fingerprint density at radius 1 is 0.976 bits per heavy atom. The number of benzene rings is 1. The molecule has 6 fully saturated rings. The second-order valence-corrected chi connectivity index (χ2v) is 13.1. The molecule has 0 aromatic heterocycles. The predicted molar refractivity (Wildman–Crippen MR) is 147 cm³/mol. The number of amides is 1. The van der Waals surface area contributed by atoms with Crippen molar-refractivity contribution in [2.45, 2.75) is 89.8 Å². The predicted octanol–water partition coefficient (Wildman–Crippen LogP) is 3.59. The van der Waals surface area contributed by atoms with Crippen LogP contribution in [0.4, 0.5) is 0 Å². The lowest BCUT2D eigenvalue weighted by Gasteiger charge is -2.59. The number of rotatable bonds is 6. The van der Waals surface area contributed by atoms with Crippen LogP contribution >= 0.6 is 0 Å². The molecule has 6 heterocycles. The van der Waals surface area contributed by atoms with E-state index in [-0.39, 0.29) is 43.3 Å². The molecule has 8 unspecified atom stereocenters. The molecule has 8 rings (SSSR count). The summed E-state index contributed by atoms with van der Waals surface area (Å²) < 4.78 is 29.4. The lowest BCUT2D eigenvalue weighted by atomic mass is 9.58. The Labute approximate surface area is 246 Å². The third kappa shape index (κ3) is 4.96. The van der Waals surface area contributed by atoms with Crippen LogP contribution < -0.4 is 9.47 Å². The van der Waals surface area contributed by atoms with Crippen LogP contribution in [-0.4, -0.2) is 78.6 Å². The molecular formula is C31H42N2O9. The SMILES string of the molecule is CC1CCC2C(C)C(OC(=O)CCC(=O)N3CCN(Cc4ccc5c(c4)OCO5)CC3)OC3OC4(C)CCC1C32OO4. The Morgan fingerprint density at radius 2 is 1.79 bits per heavy atom. The number of carbonyl (C=O) groups excluding carboxylic acids is 2. The number of piperazine rings is 1. The summed E-state index contributed by atoms with van der Waals surface area (Å²) in [7, 11) is 0. The van der Waals surface area contributed by atoms with Gasteiger partial charge in [0, 0.05) is 57.4 Å². The molecule has 1 aromatic carbocycles. The highest BCUT2D eigenvalue weighted by atomic mass is 17.3. The number of hydrogen-bond donors (Lipinski definition) is 0. The molecular weight excluding hydrogens is 544 g/mol. The van der Waals surface area contributed by atoms with Crippen molar-refractivity contribution in [3.05, 3.63) is 23.8 Å². The number of ether oxygens (including phenoxy) is 5. The van der Waals surface area contributed by atoms with Gasteiger partial charge in [-0.2, -0.15) is 0 Å². The molecule has 1 aromatic rings. The van der Waals surface area contributed by atoms with Crippen molar-refractivity contribution in [3.63, 3.8) is 0 Å². The van der Waals surface area contributed by atoms with Gasteiger partial charge < -0.3 is 28.6 Å². The van der Waals surface area contributed by atoms with Gasteiger partial charge in [0.25, 0.3) is 0 Å². The van der Waals surface area contributed by atoms with Gasteiger partial charge in [0.1, 0.15) is 0 Å². The molecule has 7 aliphatic rings. The van der Waals surface area contributed by atoms with E-state index in [0.29, 0.717) is 19.0 Å². The zero-order valence-corrected chi connectivity index (χ0v) is 24.8.